The van der Waals surface area contributed by atoms with Gasteiger partial charge in [-0.3, -0.25) is 9.36 Å². The van der Waals surface area contributed by atoms with Crippen molar-refractivity contribution in [3.63, 3.8) is 0 Å². The number of anilines is 1. The van der Waals surface area contributed by atoms with E-state index in [1.807, 2.05) is 42.6 Å². The van der Waals surface area contributed by atoms with Gasteiger partial charge in [-0.05, 0) is 85.3 Å². The zero-order chi connectivity index (χ0) is 23.1. The lowest BCUT2D eigenvalue weighted by atomic mass is 9.96. The highest BCUT2D eigenvalue weighted by Gasteiger charge is 2.22. The molecule has 4 aromatic rings. The second-order valence-corrected chi connectivity index (χ2v) is 9.82. The van der Waals surface area contributed by atoms with Gasteiger partial charge in [-0.2, -0.15) is 0 Å². The molecule has 1 fully saturated rings. The fourth-order valence-electron chi connectivity index (χ4n) is 4.88. The van der Waals surface area contributed by atoms with E-state index in [0.717, 1.165) is 56.4 Å². The largest absolute Gasteiger partial charge is 0.372 e. The van der Waals surface area contributed by atoms with Gasteiger partial charge in [-0.15, -0.1) is 0 Å². The van der Waals surface area contributed by atoms with Crippen molar-refractivity contribution in [2.45, 2.75) is 33.0 Å². The van der Waals surface area contributed by atoms with E-state index in [1.165, 1.54) is 0 Å². The molecule has 168 valence electrons. The first-order valence-corrected chi connectivity index (χ1v) is 12.1. The first-order chi connectivity index (χ1) is 15.9. The normalized spacial score (nSPS) is 18.6. The number of nitrogens with zero attached hydrogens (tertiary/aromatic N) is 2. The van der Waals surface area contributed by atoms with Crippen molar-refractivity contribution < 1.29 is 4.74 Å². The Morgan fingerprint density at radius 1 is 0.879 bits per heavy atom. The molecule has 0 N–H and O–H groups in total. The van der Waals surface area contributed by atoms with E-state index in [2.05, 4.69) is 71.9 Å². The molecule has 0 aliphatic carbocycles. The number of morpholine rings is 1. The third-order valence-electron chi connectivity index (χ3n) is 6.30. The Balaban J connectivity index is 1.55. The maximum absolute atomic E-state index is 13.5. The van der Waals surface area contributed by atoms with Crippen LogP contribution in [0.2, 0.25) is 0 Å². The second kappa shape index (κ2) is 8.81. The number of aryl methyl sites for hydroxylation is 1. The molecule has 4 nitrogen and oxygen atoms in total. The molecular weight excluding hydrogens is 476 g/mol. The molecule has 1 aromatic heterocycles. The smallest absolute Gasteiger partial charge is 0.262 e. The van der Waals surface area contributed by atoms with Gasteiger partial charge in [-0.1, -0.05) is 40.2 Å². The van der Waals surface area contributed by atoms with E-state index >= 15 is 0 Å². The van der Waals surface area contributed by atoms with Crippen LogP contribution in [0.25, 0.3) is 27.6 Å². The van der Waals surface area contributed by atoms with Crippen LogP contribution in [0.4, 0.5) is 5.69 Å². The molecule has 0 bridgehead atoms. The predicted octanol–water partition coefficient (Wildman–Crippen LogP) is 6.34. The third kappa shape index (κ3) is 4.23. The Hall–Kier alpha value is -2.89. The van der Waals surface area contributed by atoms with Crippen LogP contribution >= 0.6 is 15.9 Å². The number of fused-ring (bicyclic) bond motifs is 1. The van der Waals surface area contributed by atoms with Crippen molar-refractivity contribution in [2.24, 2.45) is 0 Å². The predicted molar refractivity (Wildman–Crippen MR) is 140 cm³/mol. The minimum absolute atomic E-state index is 0.00377. The lowest BCUT2D eigenvalue weighted by molar-refractivity contribution is -0.00521. The Morgan fingerprint density at radius 2 is 1.52 bits per heavy atom. The molecule has 1 saturated heterocycles. The van der Waals surface area contributed by atoms with Crippen LogP contribution in [0.5, 0.6) is 0 Å². The Morgan fingerprint density at radius 3 is 2.18 bits per heavy atom. The van der Waals surface area contributed by atoms with Crippen molar-refractivity contribution in [1.82, 2.24) is 4.57 Å². The number of ether oxygens (including phenoxy) is 1. The SMILES string of the molecule is Cc1cn(-c2ccc(N3CC(C)OC(C)C3)cc2)c(=O)c2cccc(-c3ccc(Br)cc3)c12. The molecule has 1 aliphatic rings. The number of hydrogen-bond acceptors (Lipinski definition) is 3. The number of pyridine rings is 1. The molecule has 3 aromatic carbocycles. The van der Waals surface area contributed by atoms with Crippen LogP contribution in [0.1, 0.15) is 19.4 Å². The summed E-state index contributed by atoms with van der Waals surface area (Å²) < 4.78 is 8.66. The van der Waals surface area contributed by atoms with Crippen LogP contribution < -0.4 is 10.5 Å². The molecule has 2 atom stereocenters. The molecule has 0 amide bonds. The second-order valence-electron chi connectivity index (χ2n) is 8.90. The summed E-state index contributed by atoms with van der Waals surface area (Å²) in [6.45, 7) is 8.04. The fourth-order valence-corrected chi connectivity index (χ4v) is 5.14. The van der Waals surface area contributed by atoms with Gasteiger partial charge in [0.15, 0.2) is 0 Å². The highest BCUT2D eigenvalue weighted by Crippen LogP contribution is 2.31. The van der Waals surface area contributed by atoms with Gasteiger partial charge in [0.25, 0.3) is 5.56 Å². The van der Waals surface area contributed by atoms with Crippen LogP contribution in [-0.2, 0) is 4.74 Å². The topological polar surface area (TPSA) is 34.5 Å². The minimum Gasteiger partial charge on any atom is -0.372 e. The molecule has 2 heterocycles. The maximum Gasteiger partial charge on any atom is 0.262 e. The average Bonchev–Trinajstić information content (AvgIpc) is 2.81. The van der Waals surface area contributed by atoms with Gasteiger partial charge in [0.2, 0.25) is 0 Å². The summed E-state index contributed by atoms with van der Waals surface area (Å²) in [6.07, 6.45) is 2.37. The average molecular weight is 503 g/mol. The van der Waals surface area contributed by atoms with Crippen LogP contribution in [-0.4, -0.2) is 29.9 Å². The van der Waals surface area contributed by atoms with Gasteiger partial charge in [0, 0.05) is 40.5 Å². The van der Waals surface area contributed by atoms with Crippen LogP contribution in [0.15, 0.2) is 82.2 Å². The Labute approximate surface area is 202 Å². The zero-order valence-corrected chi connectivity index (χ0v) is 20.7. The van der Waals surface area contributed by atoms with E-state index < -0.39 is 0 Å². The molecule has 5 rings (SSSR count). The van der Waals surface area contributed by atoms with E-state index in [1.54, 1.807) is 4.57 Å². The Kier molecular flexibility index (Phi) is 5.85. The first-order valence-electron chi connectivity index (χ1n) is 11.3. The molecular formula is C28H27BrN2O2. The summed E-state index contributed by atoms with van der Waals surface area (Å²) in [6, 6.07) is 22.5. The summed E-state index contributed by atoms with van der Waals surface area (Å²) in [5.41, 5.74) is 5.27. The van der Waals surface area contributed by atoms with Crippen molar-refractivity contribution in [3.8, 4) is 16.8 Å². The highest BCUT2D eigenvalue weighted by molar-refractivity contribution is 9.10. The monoisotopic (exact) mass is 502 g/mol. The lowest BCUT2D eigenvalue weighted by Crippen LogP contribution is -2.45. The Bertz CT molecular complexity index is 1350. The van der Waals surface area contributed by atoms with Gasteiger partial charge < -0.3 is 9.64 Å². The van der Waals surface area contributed by atoms with E-state index in [9.17, 15) is 4.79 Å². The van der Waals surface area contributed by atoms with Crippen molar-refractivity contribution in [3.05, 3.63) is 93.3 Å². The number of hydrogen-bond donors (Lipinski definition) is 0. The summed E-state index contributed by atoms with van der Waals surface area (Å²) in [5, 5.41) is 1.74. The number of aromatic nitrogens is 1. The molecule has 33 heavy (non-hydrogen) atoms. The summed E-state index contributed by atoms with van der Waals surface area (Å²) in [7, 11) is 0. The van der Waals surface area contributed by atoms with Gasteiger partial charge in [0.1, 0.15) is 0 Å². The molecule has 5 heteroatoms. The van der Waals surface area contributed by atoms with Crippen LogP contribution in [0.3, 0.4) is 0 Å². The number of rotatable bonds is 3. The minimum atomic E-state index is -0.00377. The lowest BCUT2D eigenvalue weighted by Gasteiger charge is -2.36. The van der Waals surface area contributed by atoms with Gasteiger partial charge in [-0.25, -0.2) is 0 Å². The number of benzene rings is 3. The quantitative estimate of drug-likeness (QED) is 0.327. The van der Waals surface area contributed by atoms with E-state index in [4.69, 9.17) is 4.74 Å². The van der Waals surface area contributed by atoms with Gasteiger partial charge in [0.05, 0.1) is 12.2 Å². The zero-order valence-electron chi connectivity index (χ0n) is 19.1. The molecule has 0 spiro atoms. The summed E-state index contributed by atoms with van der Waals surface area (Å²) in [5.74, 6) is 0. The van der Waals surface area contributed by atoms with E-state index in [-0.39, 0.29) is 17.8 Å². The van der Waals surface area contributed by atoms with Crippen molar-refractivity contribution in [2.75, 3.05) is 18.0 Å². The van der Waals surface area contributed by atoms with Gasteiger partial charge >= 0.3 is 0 Å². The standard InChI is InChI=1S/C28H27BrN2O2/c1-18-15-31(24-13-11-23(12-14-24)30-16-19(2)33-20(3)17-30)28(32)26-6-4-5-25(27(18)26)21-7-9-22(29)10-8-21/h4-15,19-20H,16-17H2,1-3H3. The highest BCUT2D eigenvalue weighted by atomic mass is 79.9. The molecule has 0 saturated carbocycles. The summed E-state index contributed by atoms with van der Waals surface area (Å²) in [4.78, 5) is 15.9. The third-order valence-corrected chi connectivity index (χ3v) is 6.83. The fraction of sp³-hybridized carbons (Fsp3) is 0.250. The number of halogens is 1. The first kappa shape index (κ1) is 21.9. The van der Waals surface area contributed by atoms with E-state index in [0.29, 0.717) is 0 Å². The van der Waals surface area contributed by atoms with Crippen molar-refractivity contribution >= 4 is 32.4 Å². The molecule has 0 radical (unpaired) electrons. The maximum atomic E-state index is 13.5. The van der Waals surface area contributed by atoms with Crippen molar-refractivity contribution in [1.29, 1.82) is 0 Å². The molecule has 1 aliphatic heterocycles. The molecule has 2 unspecified atom stereocenters. The summed E-state index contributed by atoms with van der Waals surface area (Å²) >= 11 is 3.50. The van der Waals surface area contributed by atoms with Crippen LogP contribution in [0, 0.1) is 6.92 Å².